The van der Waals surface area contributed by atoms with Crippen molar-refractivity contribution in [2.24, 2.45) is 0 Å². The molecule has 1 nitrogen and oxygen atoms in total. The summed E-state index contributed by atoms with van der Waals surface area (Å²) in [5.41, 5.74) is 0.819. The molecule has 2 rings (SSSR count). The lowest BCUT2D eigenvalue weighted by Crippen LogP contribution is -2.32. The summed E-state index contributed by atoms with van der Waals surface area (Å²) in [5, 5.41) is 9.88. The number of rotatable bonds is 1. The maximum atomic E-state index is 9.18. The Morgan fingerprint density at radius 3 is 2.57 bits per heavy atom. The Balaban J connectivity index is 2.46. The van der Waals surface area contributed by atoms with Crippen molar-refractivity contribution in [2.45, 2.75) is 24.7 Å². The molecule has 14 heavy (non-hydrogen) atoms. The molecule has 1 aromatic rings. The molecule has 1 saturated carbocycles. The molecule has 0 radical (unpaired) electrons. The van der Waals surface area contributed by atoms with Gasteiger partial charge in [-0.3, -0.25) is 0 Å². The Kier molecular flexibility index (Phi) is 2.55. The van der Waals surface area contributed by atoms with Gasteiger partial charge in [0.2, 0.25) is 0 Å². The second kappa shape index (κ2) is 3.56. The van der Waals surface area contributed by atoms with Crippen molar-refractivity contribution in [2.75, 3.05) is 0 Å². The first-order chi connectivity index (χ1) is 6.68. The lowest BCUT2D eigenvalue weighted by Gasteiger charge is -2.36. The van der Waals surface area contributed by atoms with Gasteiger partial charge in [0.25, 0.3) is 0 Å². The predicted octanol–water partition coefficient (Wildman–Crippen LogP) is 4.05. The number of nitriles is 1. The molecule has 0 unspecified atom stereocenters. The van der Waals surface area contributed by atoms with Crippen molar-refractivity contribution >= 4 is 27.5 Å². The first-order valence-electron chi connectivity index (χ1n) is 4.55. The SMILES string of the molecule is N#CC1(c2ccc(Cl)cc2Br)CCC1. The average molecular weight is 271 g/mol. The second-order valence-corrected chi connectivity index (χ2v) is 4.96. The van der Waals surface area contributed by atoms with E-state index in [0.717, 1.165) is 29.3 Å². The maximum Gasteiger partial charge on any atom is 0.0833 e. The molecule has 0 spiro atoms. The Morgan fingerprint density at radius 2 is 2.14 bits per heavy atom. The number of nitrogens with zero attached hydrogens (tertiary/aromatic N) is 1. The van der Waals surface area contributed by atoms with Crippen LogP contribution in [0.5, 0.6) is 0 Å². The Labute approximate surface area is 96.8 Å². The van der Waals surface area contributed by atoms with Gasteiger partial charge in [0.1, 0.15) is 0 Å². The highest BCUT2D eigenvalue weighted by molar-refractivity contribution is 9.10. The Hall–Kier alpha value is -0.520. The smallest absolute Gasteiger partial charge is 0.0833 e. The summed E-state index contributed by atoms with van der Waals surface area (Å²) in [7, 11) is 0. The van der Waals surface area contributed by atoms with Crippen LogP contribution in [0.25, 0.3) is 0 Å². The van der Waals surface area contributed by atoms with Gasteiger partial charge in [0.15, 0.2) is 0 Å². The van der Waals surface area contributed by atoms with Crippen molar-refractivity contribution in [3.8, 4) is 6.07 Å². The third-order valence-electron chi connectivity index (χ3n) is 2.87. The minimum Gasteiger partial charge on any atom is -0.197 e. The standard InChI is InChI=1S/C11H9BrClN/c12-10-6-8(13)2-3-9(10)11(7-14)4-1-5-11/h2-3,6H,1,4-5H2. The second-order valence-electron chi connectivity index (χ2n) is 3.67. The zero-order valence-electron chi connectivity index (χ0n) is 7.56. The van der Waals surface area contributed by atoms with E-state index in [1.807, 2.05) is 18.2 Å². The molecule has 1 aliphatic carbocycles. The first-order valence-corrected chi connectivity index (χ1v) is 5.72. The van der Waals surface area contributed by atoms with Crippen LogP contribution in [-0.4, -0.2) is 0 Å². The third kappa shape index (κ3) is 1.45. The van der Waals surface area contributed by atoms with Gasteiger partial charge in [-0.1, -0.05) is 33.6 Å². The lowest BCUT2D eigenvalue weighted by molar-refractivity contribution is 0.323. The Morgan fingerprint density at radius 1 is 1.43 bits per heavy atom. The Bertz CT molecular complexity index is 404. The fourth-order valence-corrected chi connectivity index (χ4v) is 2.91. The maximum absolute atomic E-state index is 9.18. The van der Waals surface area contributed by atoms with Crippen LogP contribution < -0.4 is 0 Å². The normalized spacial score (nSPS) is 18.4. The fraction of sp³-hybridized carbons (Fsp3) is 0.364. The fourth-order valence-electron chi connectivity index (χ4n) is 1.85. The summed E-state index contributed by atoms with van der Waals surface area (Å²) in [6.07, 6.45) is 3.07. The molecule has 3 heteroatoms. The minimum atomic E-state index is -0.260. The van der Waals surface area contributed by atoms with Crippen molar-refractivity contribution in [1.82, 2.24) is 0 Å². The summed E-state index contributed by atoms with van der Waals surface area (Å²) in [5.74, 6) is 0. The van der Waals surface area contributed by atoms with Crippen molar-refractivity contribution in [1.29, 1.82) is 5.26 Å². The summed E-state index contributed by atoms with van der Waals surface area (Å²) >= 11 is 9.32. The van der Waals surface area contributed by atoms with Gasteiger partial charge in [-0.05, 0) is 37.0 Å². The molecule has 1 aliphatic rings. The summed E-state index contributed by atoms with van der Waals surface area (Å²) < 4.78 is 0.950. The number of hydrogen-bond acceptors (Lipinski definition) is 1. The van der Waals surface area contributed by atoms with E-state index in [4.69, 9.17) is 11.6 Å². The monoisotopic (exact) mass is 269 g/mol. The van der Waals surface area contributed by atoms with E-state index in [9.17, 15) is 5.26 Å². The first kappa shape index (κ1) is 10.0. The van der Waals surface area contributed by atoms with Crippen LogP contribution in [-0.2, 0) is 5.41 Å². The van der Waals surface area contributed by atoms with Gasteiger partial charge in [0, 0.05) is 9.50 Å². The molecule has 0 heterocycles. The largest absolute Gasteiger partial charge is 0.197 e. The van der Waals surface area contributed by atoms with E-state index >= 15 is 0 Å². The molecular weight excluding hydrogens is 261 g/mol. The molecule has 0 bridgehead atoms. The van der Waals surface area contributed by atoms with Crippen LogP contribution in [0, 0.1) is 11.3 Å². The molecule has 1 aromatic carbocycles. The van der Waals surface area contributed by atoms with Crippen LogP contribution in [0.2, 0.25) is 5.02 Å². The van der Waals surface area contributed by atoms with E-state index in [2.05, 4.69) is 22.0 Å². The van der Waals surface area contributed by atoms with Gasteiger partial charge < -0.3 is 0 Å². The number of hydrogen-bond donors (Lipinski definition) is 0. The molecule has 1 fully saturated rings. The van der Waals surface area contributed by atoms with E-state index in [1.54, 1.807) is 0 Å². The summed E-state index contributed by atoms with van der Waals surface area (Å²) in [6, 6.07) is 8.07. The highest BCUT2D eigenvalue weighted by Crippen LogP contribution is 2.46. The molecule has 0 amide bonds. The molecule has 0 atom stereocenters. The third-order valence-corrected chi connectivity index (χ3v) is 3.76. The van der Waals surface area contributed by atoms with Crippen molar-refractivity contribution < 1.29 is 0 Å². The van der Waals surface area contributed by atoms with E-state index in [-0.39, 0.29) is 5.41 Å². The van der Waals surface area contributed by atoms with Crippen LogP contribution in [0.4, 0.5) is 0 Å². The average Bonchev–Trinajstić information content (AvgIpc) is 2.07. The molecular formula is C11H9BrClN. The van der Waals surface area contributed by atoms with Crippen molar-refractivity contribution in [3.63, 3.8) is 0 Å². The zero-order valence-corrected chi connectivity index (χ0v) is 9.90. The lowest BCUT2D eigenvalue weighted by atomic mass is 9.65. The van der Waals surface area contributed by atoms with Crippen LogP contribution in [0.1, 0.15) is 24.8 Å². The number of benzene rings is 1. The number of halogens is 2. The quantitative estimate of drug-likeness (QED) is 0.755. The van der Waals surface area contributed by atoms with Gasteiger partial charge in [-0.25, -0.2) is 0 Å². The van der Waals surface area contributed by atoms with E-state index in [0.29, 0.717) is 5.02 Å². The molecule has 0 saturated heterocycles. The highest BCUT2D eigenvalue weighted by atomic mass is 79.9. The van der Waals surface area contributed by atoms with Crippen LogP contribution in [0.3, 0.4) is 0 Å². The predicted molar refractivity (Wildman–Crippen MR) is 60.3 cm³/mol. The molecule has 0 N–H and O–H groups in total. The topological polar surface area (TPSA) is 23.8 Å². The molecule has 0 aromatic heterocycles. The zero-order chi connectivity index (χ0) is 10.2. The van der Waals surface area contributed by atoms with Gasteiger partial charge in [-0.2, -0.15) is 5.26 Å². The molecule has 72 valence electrons. The minimum absolute atomic E-state index is 0.260. The van der Waals surface area contributed by atoms with E-state index < -0.39 is 0 Å². The van der Waals surface area contributed by atoms with Gasteiger partial charge >= 0.3 is 0 Å². The van der Waals surface area contributed by atoms with Crippen LogP contribution >= 0.6 is 27.5 Å². The van der Waals surface area contributed by atoms with Gasteiger partial charge in [-0.15, -0.1) is 0 Å². The highest BCUT2D eigenvalue weighted by Gasteiger charge is 2.40. The molecule has 0 aliphatic heterocycles. The van der Waals surface area contributed by atoms with Crippen LogP contribution in [0.15, 0.2) is 22.7 Å². The van der Waals surface area contributed by atoms with Crippen molar-refractivity contribution in [3.05, 3.63) is 33.3 Å². The summed E-state index contributed by atoms with van der Waals surface area (Å²) in [4.78, 5) is 0. The van der Waals surface area contributed by atoms with Gasteiger partial charge in [0.05, 0.1) is 11.5 Å². The van der Waals surface area contributed by atoms with E-state index in [1.165, 1.54) is 0 Å². The summed E-state index contributed by atoms with van der Waals surface area (Å²) in [6.45, 7) is 0.